The third kappa shape index (κ3) is 5.70. The van der Waals surface area contributed by atoms with Crippen LogP contribution in [-0.4, -0.2) is 24.5 Å². The second kappa shape index (κ2) is 10.4. The zero-order valence-electron chi connectivity index (χ0n) is 17.1. The van der Waals surface area contributed by atoms with Crippen LogP contribution in [0.1, 0.15) is 11.1 Å². The van der Waals surface area contributed by atoms with Crippen molar-refractivity contribution >= 4 is 28.9 Å². The average Bonchev–Trinajstić information content (AvgIpc) is 2.82. The van der Waals surface area contributed by atoms with Gasteiger partial charge in [0.05, 0.1) is 29.4 Å². The minimum Gasteiger partial charge on any atom is -0.495 e. The fourth-order valence-corrected chi connectivity index (χ4v) is 2.85. The molecule has 0 saturated carbocycles. The Labute approximate surface area is 184 Å². The lowest BCUT2D eigenvalue weighted by Crippen LogP contribution is -2.20. The van der Waals surface area contributed by atoms with Crippen molar-refractivity contribution in [2.75, 3.05) is 19.0 Å². The monoisotopic (exact) mass is 429 g/mol. The van der Waals surface area contributed by atoms with Gasteiger partial charge < -0.3 is 14.8 Å². The number of nitriles is 1. The lowest BCUT2D eigenvalue weighted by Gasteiger charge is -2.10. The number of hydrogen-bond acceptors (Lipinski definition) is 6. The van der Waals surface area contributed by atoms with Crippen molar-refractivity contribution in [3.63, 3.8) is 0 Å². The lowest BCUT2D eigenvalue weighted by molar-refractivity contribution is -0.384. The molecule has 0 aliphatic heterocycles. The quantitative estimate of drug-likeness (QED) is 0.241. The minimum atomic E-state index is -0.491. The molecule has 0 heterocycles. The summed E-state index contributed by atoms with van der Waals surface area (Å²) in [5, 5.41) is 23.0. The first-order valence-electron chi connectivity index (χ1n) is 9.52. The maximum absolute atomic E-state index is 12.1. The number of nitrogens with zero attached hydrogens (tertiary/aromatic N) is 2. The van der Waals surface area contributed by atoms with Gasteiger partial charge in [0.1, 0.15) is 11.5 Å². The van der Waals surface area contributed by atoms with E-state index in [1.54, 1.807) is 54.6 Å². The topological polar surface area (TPSA) is 114 Å². The summed E-state index contributed by atoms with van der Waals surface area (Å²) in [4.78, 5) is 22.4. The van der Waals surface area contributed by atoms with Crippen molar-refractivity contribution in [2.45, 2.75) is 0 Å². The molecule has 1 N–H and O–H groups in total. The van der Waals surface area contributed by atoms with Gasteiger partial charge in [-0.15, -0.1) is 0 Å². The van der Waals surface area contributed by atoms with Crippen LogP contribution in [0.5, 0.6) is 11.5 Å². The normalized spacial score (nSPS) is 10.7. The van der Waals surface area contributed by atoms with Gasteiger partial charge in [-0.3, -0.25) is 14.9 Å². The summed E-state index contributed by atoms with van der Waals surface area (Å²) in [6.45, 7) is -0.181. The summed E-state index contributed by atoms with van der Waals surface area (Å²) in [5.41, 5.74) is 2.20. The molecule has 0 bridgehead atoms. The van der Waals surface area contributed by atoms with Crippen molar-refractivity contribution < 1.29 is 19.2 Å². The van der Waals surface area contributed by atoms with E-state index in [0.717, 1.165) is 5.56 Å². The lowest BCUT2D eigenvalue weighted by atomic mass is 10.0. The van der Waals surface area contributed by atoms with Crippen LogP contribution >= 0.6 is 0 Å². The van der Waals surface area contributed by atoms with E-state index in [2.05, 4.69) is 11.4 Å². The molecule has 0 saturated heterocycles. The predicted molar refractivity (Wildman–Crippen MR) is 120 cm³/mol. The van der Waals surface area contributed by atoms with Gasteiger partial charge in [-0.25, -0.2) is 0 Å². The number of non-ortho nitro benzene ring substituents is 1. The van der Waals surface area contributed by atoms with E-state index < -0.39 is 4.92 Å². The molecule has 8 heteroatoms. The molecule has 3 rings (SSSR count). The molecule has 0 fully saturated rings. The molecular weight excluding hydrogens is 410 g/mol. The largest absolute Gasteiger partial charge is 0.495 e. The molecule has 32 heavy (non-hydrogen) atoms. The first kappa shape index (κ1) is 22.1. The Morgan fingerprint density at radius 1 is 1.09 bits per heavy atom. The third-order valence-electron chi connectivity index (χ3n) is 4.45. The molecule has 160 valence electrons. The summed E-state index contributed by atoms with van der Waals surface area (Å²) in [5.74, 6) is 0.716. The second-order valence-electron chi connectivity index (χ2n) is 6.58. The molecular formula is C24H19N3O5. The highest BCUT2D eigenvalue weighted by Crippen LogP contribution is 2.24. The number of nitro groups is 1. The maximum Gasteiger partial charge on any atom is 0.269 e. The van der Waals surface area contributed by atoms with Gasteiger partial charge in [0, 0.05) is 12.1 Å². The van der Waals surface area contributed by atoms with Gasteiger partial charge in [0.25, 0.3) is 11.6 Å². The molecule has 0 aliphatic rings. The van der Waals surface area contributed by atoms with Crippen LogP contribution in [0.3, 0.4) is 0 Å². The SMILES string of the molecule is COc1ccccc1NC(=O)COc1ccc(/C=C(\C#N)c2ccc([N+](=O)[O-])cc2)cc1. The van der Waals surface area contributed by atoms with E-state index in [0.29, 0.717) is 28.3 Å². The van der Waals surface area contributed by atoms with Crippen LogP contribution in [0.15, 0.2) is 72.8 Å². The van der Waals surface area contributed by atoms with Crippen LogP contribution in [0.25, 0.3) is 11.6 Å². The highest BCUT2D eigenvalue weighted by Gasteiger charge is 2.09. The zero-order chi connectivity index (χ0) is 22.9. The highest BCUT2D eigenvalue weighted by atomic mass is 16.6. The van der Waals surface area contributed by atoms with Crippen molar-refractivity contribution in [1.29, 1.82) is 5.26 Å². The minimum absolute atomic E-state index is 0.0395. The Morgan fingerprint density at radius 2 is 1.78 bits per heavy atom. The number of methoxy groups -OCH3 is 1. The van der Waals surface area contributed by atoms with Gasteiger partial charge in [-0.05, 0) is 53.6 Å². The third-order valence-corrected chi connectivity index (χ3v) is 4.45. The van der Waals surface area contributed by atoms with E-state index in [-0.39, 0.29) is 18.2 Å². The Morgan fingerprint density at radius 3 is 2.41 bits per heavy atom. The number of ether oxygens (including phenoxy) is 2. The summed E-state index contributed by atoms with van der Waals surface area (Å²) in [7, 11) is 1.52. The number of allylic oxidation sites excluding steroid dienone is 1. The molecule has 0 atom stereocenters. The van der Waals surface area contributed by atoms with E-state index in [4.69, 9.17) is 9.47 Å². The van der Waals surface area contributed by atoms with Crippen molar-refractivity contribution in [2.24, 2.45) is 0 Å². The van der Waals surface area contributed by atoms with Crippen LogP contribution in [0, 0.1) is 21.4 Å². The van der Waals surface area contributed by atoms with Crippen LogP contribution in [0.4, 0.5) is 11.4 Å². The molecule has 8 nitrogen and oxygen atoms in total. The van der Waals surface area contributed by atoms with Crippen LogP contribution in [-0.2, 0) is 4.79 Å². The van der Waals surface area contributed by atoms with E-state index in [1.165, 1.54) is 31.4 Å². The number of hydrogen-bond donors (Lipinski definition) is 1. The number of benzene rings is 3. The van der Waals surface area contributed by atoms with Crippen molar-refractivity contribution in [3.05, 3.63) is 94.0 Å². The zero-order valence-corrected chi connectivity index (χ0v) is 17.1. The fourth-order valence-electron chi connectivity index (χ4n) is 2.85. The molecule has 0 aliphatic carbocycles. The number of nitro benzene ring substituents is 1. The molecule has 0 radical (unpaired) electrons. The molecule has 1 amide bonds. The Balaban J connectivity index is 1.62. The number of nitrogens with one attached hydrogen (secondary N) is 1. The number of anilines is 1. The summed E-state index contributed by atoms with van der Waals surface area (Å²) >= 11 is 0. The van der Waals surface area contributed by atoms with Crippen LogP contribution < -0.4 is 14.8 Å². The molecule has 0 spiro atoms. The average molecular weight is 429 g/mol. The Bertz CT molecular complexity index is 1180. The molecule has 3 aromatic rings. The smallest absolute Gasteiger partial charge is 0.269 e. The first-order chi connectivity index (χ1) is 15.5. The summed E-state index contributed by atoms with van der Waals surface area (Å²) in [6.07, 6.45) is 1.67. The maximum atomic E-state index is 12.1. The molecule has 0 unspecified atom stereocenters. The molecule has 3 aromatic carbocycles. The number of rotatable bonds is 8. The van der Waals surface area contributed by atoms with E-state index >= 15 is 0 Å². The summed E-state index contributed by atoms with van der Waals surface area (Å²) in [6, 6.07) is 21.8. The fraction of sp³-hybridized carbons (Fsp3) is 0.0833. The predicted octanol–water partition coefficient (Wildman–Crippen LogP) is 4.69. The van der Waals surface area contributed by atoms with Gasteiger partial charge in [-0.2, -0.15) is 5.26 Å². The van der Waals surface area contributed by atoms with E-state index in [9.17, 15) is 20.2 Å². The van der Waals surface area contributed by atoms with Crippen molar-refractivity contribution in [1.82, 2.24) is 0 Å². The number of amides is 1. The Kier molecular flexibility index (Phi) is 7.17. The standard InChI is InChI=1S/C24H19N3O5/c1-31-23-5-3-2-4-22(23)26-24(28)16-32-21-12-6-17(7-13-21)14-19(15-25)18-8-10-20(11-9-18)27(29)30/h2-14H,16H2,1H3,(H,26,28)/b19-14+. The second-order valence-corrected chi connectivity index (χ2v) is 6.58. The molecule has 0 aromatic heterocycles. The number of carbonyl (C=O) groups is 1. The first-order valence-corrected chi connectivity index (χ1v) is 9.52. The van der Waals surface area contributed by atoms with Gasteiger partial charge in [0.2, 0.25) is 0 Å². The Hall–Kier alpha value is -4.64. The number of para-hydroxylation sites is 2. The van der Waals surface area contributed by atoms with Gasteiger partial charge >= 0.3 is 0 Å². The highest BCUT2D eigenvalue weighted by molar-refractivity contribution is 5.93. The summed E-state index contributed by atoms with van der Waals surface area (Å²) < 4.78 is 10.7. The number of carbonyl (C=O) groups excluding carboxylic acids is 1. The van der Waals surface area contributed by atoms with Crippen molar-refractivity contribution in [3.8, 4) is 17.6 Å². The van der Waals surface area contributed by atoms with E-state index in [1.807, 2.05) is 0 Å². The van der Waals surface area contributed by atoms with Crippen LogP contribution in [0.2, 0.25) is 0 Å². The van der Waals surface area contributed by atoms with Gasteiger partial charge in [0.15, 0.2) is 6.61 Å². The van der Waals surface area contributed by atoms with Gasteiger partial charge in [-0.1, -0.05) is 24.3 Å².